The molecule has 116 valence electrons. The summed E-state index contributed by atoms with van der Waals surface area (Å²) in [5, 5.41) is 11.5. The van der Waals surface area contributed by atoms with Crippen molar-refractivity contribution < 1.29 is 9.84 Å². The molecule has 2 atom stereocenters. The molecule has 3 rings (SSSR count). The number of methoxy groups -OCH3 is 1. The summed E-state index contributed by atoms with van der Waals surface area (Å²) in [6.45, 7) is 0. The van der Waals surface area contributed by atoms with Crippen molar-refractivity contribution in [1.29, 1.82) is 0 Å². The zero-order valence-electron chi connectivity index (χ0n) is 13.2. The molecular weight excluding hydrogens is 260 g/mol. The van der Waals surface area contributed by atoms with Gasteiger partial charge in [-0.05, 0) is 42.4 Å². The monoisotopic (exact) mass is 288 g/mol. The summed E-state index contributed by atoms with van der Waals surface area (Å²) >= 11 is 0. The predicted molar refractivity (Wildman–Crippen MR) is 85.4 cm³/mol. The van der Waals surface area contributed by atoms with Crippen molar-refractivity contribution in [2.75, 3.05) is 7.11 Å². The molecule has 1 N–H and O–H groups in total. The van der Waals surface area contributed by atoms with Crippen molar-refractivity contribution in [2.45, 2.75) is 63.4 Å². The van der Waals surface area contributed by atoms with Crippen LogP contribution in [0.5, 0.6) is 5.75 Å². The van der Waals surface area contributed by atoms with Crippen molar-refractivity contribution in [1.82, 2.24) is 0 Å². The van der Waals surface area contributed by atoms with Gasteiger partial charge in [-0.15, -0.1) is 0 Å². The van der Waals surface area contributed by atoms with Gasteiger partial charge in [0.05, 0.1) is 12.7 Å². The molecule has 2 saturated carbocycles. The van der Waals surface area contributed by atoms with Gasteiger partial charge in [0.2, 0.25) is 0 Å². The van der Waals surface area contributed by atoms with Crippen LogP contribution in [-0.2, 0) is 5.60 Å². The fourth-order valence-electron chi connectivity index (χ4n) is 4.58. The van der Waals surface area contributed by atoms with E-state index in [0.717, 1.165) is 24.2 Å². The van der Waals surface area contributed by atoms with Gasteiger partial charge in [-0.25, -0.2) is 0 Å². The molecule has 2 aliphatic rings. The second kappa shape index (κ2) is 6.39. The molecule has 0 amide bonds. The van der Waals surface area contributed by atoms with Gasteiger partial charge in [-0.1, -0.05) is 57.1 Å². The van der Waals surface area contributed by atoms with Crippen molar-refractivity contribution in [3.8, 4) is 5.75 Å². The Balaban J connectivity index is 1.86. The number of aliphatic hydroxyl groups is 1. The van der Waals surface area contributed by atoms with E-state index < -0.39 is 5.60 Å². The first-order chi connectivity index (χ1) is 10.2. The van der Waals surface area contributed by atoms with Crippen LogP contribution >= 0.6 is 0 Å². The molecule has 1 aromatic rings. The SMILES string of the molecule is COc1ccc(C2(O)CCCCC2C2CCCCC2)cc1. The number of benzene rings is 1. The Morgan fingerprint density at radius 2 is 1.62 bits per heavy atom. The molecule has 0 saturated heterocycles. The van der Waals surface area contributed by atoms with E-state index in [1.165, 1.54) is 44.9 Å². The molecule has 0 spiro atoms. The van der Waals surface area contributed by atoms with E-state index in [2.05, 4.69) is 12.1 Å². The lowest BCUT2D eigenvalue weighted by molar-refractivity contribution is -0.0835. The summed E-state index contributed by atoms with van der Waals surface area (Å²) in [6, 6.07) is 8.11. The van der Waals surface area contributed by atoms with Crippen LogP contribution in [0.25, 0.3) is 0 Å². The van der Waals surface area contributed by atoms with Crippen LogP contribution in [0.4, 0.5) is 0 Å². The average Bonchev–Trinajstić information content (AvgIpc) is 2.56. The lowest BCUT2D eigenvalue weighted by Gasteiger charge is -2.45. The molecule has 2 heteroatoms. The number of ether oxygens (including phenoxy) is 1. The van der Waals surface area contributed by atoms with Gasteiger partial charge >= 0.3 is 0 Å². The van der Waals surface area contributed by atoms with Crippen LogP contribution in [0.15, 0.2) is 24.3 Å². The Kier molecular flexibility index (Phi) is 4.54. The molecule has 0 heterocycles. The van der Waals surface area contributed by atoms with Crippen LogP contribution < -0.4 is 4.74 Å². The lowest BCUT2D eigenvalue weighted by Crippen LogP contribution is -2.42. The summed E-state index contributed by atoms with van der Waals surface area (Å²) in [7, 11) is 1.69. The normalized spacial score (nSPS) is 31.0. The fraction of sp³-hybridized carbons (Fsp3) is 0.684. The molecule has 0 aromatic heterocycles. The van der Waals surface area contributed by atoms with Gasteiger partial charge in [0.15, 0.2) is 0 Å². The zero-order valence-corrected chi connectivity index (χ0v) is 13.2. The fourth-order valence-corrected chi connectivity index (χ4v) is 4.58. The maximum absolute atomic E-state index is 11.5. The first kappa shape index (κ1) is 14.9. The van der Waals surface area contributed by atoms with E-state index >= 15 is 0 Å². The van der Waals surface area contributed by atoms with Gasteiger partial charge in [0.25, 0.3) is 0 Å². The Labute approximate surface area is 128 Å². The quantitative estimate of drug-likeness (QED) is 0.877. The van der Waals surface area contributed by atoms with E-state index in [0.29, 0.717) is 11.8 Å². The minimum absolute atomic E-state index is 0.444. The summed E-state index contributed by atoms with van der Waals surface area (Å²) in [5.41, 5.74) is 0.477. The van der Waals surface area contributed by atoms with Crippen LogP contribution in [0, 0.1) is 11.8 Å². The third-order valence-corrected chi connectivity index (χ3v) is 5.75. The Morgan fingerprint density at radius 3 is 2.29 bits per heavy atom. The highest BCUT2D eigenvalue weighted by molar-refractivity contribution is 5.32. The molecule has 2 aliphatic carbocycles. The molecule has 0 radical (unpaired) electrons. The molecule has 1 aromatic carbocycles. The second-order valence-corrected chi connectivity index (χ2v) is 6.90. The van der Waals surface area contributed by atoms with Gasteiger partial charge in [0, 0.05) is 0 Å². The molecule has 2 unspecified atom stereocenters. The minimum atomic E-state index is -0.619. The molecule has 0 aliphatic heterocycles. The molecule has 0 bridgehead atoms. The number of rotatable bonds is 3. The molecule has 2 nitrogen and oxygen atoms in total. The smallest absolute Gasteiger partial charge is 0.118 e. The average molecular weight is 288 g/mol. The van der Waals surface area contributed by atoms with E-state index in [4.69, 9.17) is 4.74 Å². The van der Waals surface area contributed by atoms with Gasteiger partial charge in [0.1, 0.15) is 5.75 Å². The number of hydrogen-bond donors (Lipinski definition) is 1. The molecular formula is C19H28O2. The first-order valence-corrected chi connectivity index (χ1v) is 8.61. The van der Waals surface area contributed by atoms with E-state index in [1.54, 1.807) is 7.11 Å². The zero-order chi connectivity index (χ0) is 14.7. The lowest BCUT2D eigenvalue weighted by atomic mass is 9.63. The maximum atomic E-state index is 11.5. The largest absolute Gasteiger partial charge is 0.497 e. The van der Waals surface area contributed by atoms with Crippen molar-refractivity contribution in [3.63, 3.8) is 0 Å². The van der Waals surface area contributed by atoms with Crippen molar-refractivity contribution >= 4 is 0 Å². The Morgan fingerprint density at radius 1 is 0.952 bits per heavy atom. The van der Waals surface area contributed by atoms with E-state index in [1.807, 2.05) is 12.1 Å². The van der Waals surface area contributed by atoms with Crippen molar-refractivity contribution in [3.05, 3.63) is 29.8 Å². The third-order valence-electron chi connectivity index (χ3n) is 5.75. The predicted octanol–water partition coefficient (Wildman–Crippen LogP) is 4.65. The summed E-state index contributed by atoms with van der Waals surface area (Å²) in [5.74, 6) is 2.03. The van der Waals surface area contributed by atoms with Crippen LogP contribution in [-0.4, -0.2) is 12.2 Å². The van der Waals surface area contributed by atoms with Crippen molar-refractivity contribution in [2.24, 2.45) is 11.8 Å². The maximum Gasteiger partial charge on any atom is 0.118 e. The Hall–Kier alpha value is -1.02. The third kappa shape index (κ3) is 2.96. The summed E-state index contributed by atoms with van der Waals surface area (Å²) < 4.78 is 5.25. The number of hydrogen-bond acceptors (Lipinski definition) is 2. The highest BCUT2D eigenvalue weighted by Crippen LogP contribution is 2.49. The van der Waals surface area contributed by atoms with Gasteiger partial charge < -0.3 is 9.84 Å². The van der Waals surface area contributed by atoms with E-state index in [-0.39, 0.29) is 0 Å². The second-order valence-electron chi connectivity index (χ2n) is 6.90. The van der Waals surface area contributed by atoms with Crippen LogP contribution in [0.3, 0.4) is 0 Å². The van der Waals surface area contributed by atoms with Crippen LogP contribution in [0.1, 0.15) is 63.4 Å². The highest BCUT2D eigenvalue weighted by Gasteiger charge is 2.44. The van der Waals surface area contributed by atoms with Crippen LogP contribution in [0.2, 0.25) is 0 Å². The standard InChI is InChI=1S/C19H28O2/c1-21-17-12-10-16(11-13-17)19(20)14-6-5-9-18(19)15-7-3-2-4-8-15/h10-13,15,18,20H,2-9,14H2,1H3. The summed E-state index contributed by atoms with van der Waals surface area (Å²) in [4.78, 5) is 0. The minimum Gasteiger partial charge on any atom is -0.497 e. The van der Waals surface area contributed by atoms with Gasteiger partial charge in [-0.2, -0.15) is 0 Å². The molecule has 2 fully saturated rings. The summed E-state index contributed by atoms with van der Waals surface area (Å²) in [6.07, 6.45) is 11.2. The Bertz CT molecular complexity index is 447. The topological polar surface area (TPSA) is 29.5 Å². The first-order valence-electron chi connectivity index (χ1n) is 8.61. The van der Waals surface area contributed by atoms with E-state index in [9.17, 15) is 5.11 Å². The highest BCUT2D eigenvalue weighted by atomic mass is 16.5. The molecule has 21 heavy (non-hydrogen) atoms. The van der Waals surface area contributed by atoms with Gasteiger partial charge in [-0.3, -0.25) is 0 Å².